The highest BCUT2D eigenvalue weighted by molar-refractivity contribution is 7.92. The highest BCUT2D eigenvalue weighted by Gasteiger charge is 2.36. The van der Waals surface area contributed by atoms with Crippen LogP contribution in [0.2, 0.25) is 0 Å². The Bertz CT molecular complexity index is 1210. The van der Waals surface area contributed by atoms with E-state index in [0.717, 1.165) is 17.4 Å². The molecule has 2 heterocycles. The smallest absolute Gasteiger partial charge is 0.265 e. The lowest BCUT2D eigenvalue weighted by Crippen LogP contribution is -2.50. The summed E-state index contributed by atoms with van der Waals surface area (Å²) < 4.78 is 36.8. The lowest BCUT2D eigenvalue weighted by atomic mass is 10.1. The molecule has 0 N–H and O–H groups in total. The number of nitrogens with zero attached hydrogens (tertiary/aromatic N) is 4. The Morgan fingerprint density at radius 2 is 1.90 bits per heavy atom. The molecule has 1 aromatic heterocycles. The molecule has 1 atom stereocenters. The van der Waals surface area contributed by atoms with Crippen molar-refractivity contribution < 1.29 is 22.5 Å². The van der Waals surface area contributed by atoms with Crippen LogP contribution in [0.5, 0.6) is 5.75 Å². The lowest BCUT2D eigenvalue weighted by Gasteiger charge is -2.35. The molecule has 2 aromatic carbocycles. The second kappa shape index (κ2) is 8.03. The van der Waals surface area contributed by atoms with Gasteiger partial charge >= 0.3 is 0 Å². The fourth-order valence-electron chi connectivity index (χ4n) is 3.31. The number of carbonyl (C=O) groups is 1. The van der Waals surface area contributed by atoms with Crippen LogP contribution in [0.3, 0.4) is 0 Å². The molecule has 9 nitrogen and oxygen atoms in total. The van der Waals surface area contributed by atoms with E-state index in [1.807, 2.05) is 31.2 Å². The van der Waals surface area contributed by atoms with Crippen LogP contribution >= 0.6 is 0 Å². The van der Waals surface area contributed by atoms with Gasteiger partial charge in [0.1, 0.15) is 5.75 Å². The monoisotopic (exact) mass is 442 g/mol. The molecule has 4 rings (SSSR count). The van der Waals surface area contributed by atoms with E-state index < -0.39 is 22.0 Å². The number of aromatic nitrogens is 2. The van der Waals surface area contributed by atoms with E-state index >= 15 is 0 Å². The van der Waals surface area contributed by atoms with Crippen molar-refractivity contribution in [1.82, 2.24) is 15.0 Å². The first-order valence-electron chi connectivity index (χ1n) is 9.60. The van der Waals surface area contributed by atoms with Gasteiger partial charge in [-0.25, -0.2) is 8.42 Å². The molecule has 0 saturated heterocycles. The molecule has 0 spiro atoms. The summed E-state index contributed by atoms with van der Waals surface area (Å²) in [6.07, 6.45) is 0.111. The van der Waals surface area contributed by atoms with Gasteiger partial charge in [-0.15, -0.1) is 0 Å². The molecule has 3 aromatic rings. The molecular weight excluding hydrogens is 420 g/mol. The summed E-state index contributed by atoms with van der Waals surface area (Å²) in [7, 11) is -2.00. The van der Waals surface area contributed by atoms with Crippen LogP contribution < -0.4 is 9.04 Å². The highest BCUT2D eigenvalue weighted by Crippen LogP contribution is 2.35. The van der Waals surface area contributed by atoms with Crippen molar-refractivity contribution in [2.75, 3.05) is 24.2 Å². The van der Waals surface area contributed by atoms with Crippen LogP contribution in [0.25, 0.3) is 11.4 Å². The first-order valence-corrected chi connectivity index (χ1v) is 11.5. The standard InChI is InChI=1S/C21H22N4O5S/c1-14-8-10-15(11-9-14)20-22-19(30-23-20)13-24(2)21(26)18-12-25(31(3,27)28)16-6-4-5-7-17(16)29-18/h4-11,18H,12-13H2,1-3H3/t18-/m1/s1. The van der Waals surface area contributed by atoms with E-state index in [1.165, 1.54) is 9.21 Å². The van der Waals surface area contributed by atoms with Crippen LogP contribution in [0, 0.1) is 6.92 Å². The Labute approximate surface area is 180 Å². The first kappa shape index (κ1) is 20.9. The summed E-state index contributed by atoms with van der Waals surface area (Å²) in [4.78, 5) is 18.7. The topological polar surface area (TPSA) is 106 Å². The third-order valence-corrected chi connectivity index (χ3v) is 6.08. The number of fused-ring (bicyclic) bond motifs is 1. The minimum atomic E-state index is -3.58. The summed E-state index contributed by atoms with van der Waals surface area (Å²) in [5, 5.41) is 3.97. The number of amides is 1. The molecule has 1 amide bonds. The summed E-state index contributed by atoms with van der Waals surface area (Å²) in [5.74, 6) is 0.646. The molecule has 0 saturated carbocycles. The molecule has 31 heavy (non-hydrogen) atoms. The Balaban J connectivity index is 1.49. The summed E-state index contributed by atoms with van der Waals surface area (Å²) in [6.45, 7) is 1.94. The van der Waals surface area contributed by atoms with Gasteiger partial charge in [0.05, 0.1) is 25.0 Å². The van der Waals surface area contributed by atoms with Crippen molar-refractivity contribution in [3.8, 4) is 17.1 Å². The van der Waals surface area contributed by atoms with Gasteiger partial charge in [-0.05, 0) is 19.1 Å². The second-order valence-corrected chi connectivity index (χ2v) is 9.35. The largest absolute Gasteiger partial charge is 0.476 e. The van der Waals surface area contributed by atoms with Crippen molar-refractivity contribution in [3.05, 3.63) is 60.0 Å². The van der Waals surface area contributed by atoms with Gasteiger partial charge in [-0.2, -0.15) is 4.98 Å². The zero-order valence-electron chi connectivity index (χ0n) is 17.3. The maximum atomic E-state index is 13.0. The second-order valence-electron chi connectivity index (χ2n) is 7.44. The third-order valence-electron chi connectivity index (χ3n) is 4.94. The Morgan fingerprint density at radius 1 is 1.19 bits per heavy atom. The number of para-hydroxylation sites is 2. The minimum Gasteiger partial charge on any atom is -0.476 e. The van der Waals surface area contributed by atoms with Crippen LogP contribution in [-0.2, 0) is 21.4 Å². The number of rotatable bonds is 5. The summed E-state index contributed by atoms with van der Waals surface area (Å²) in [6, 6.07) is 14.4. The van der Waals surface area contributed by atoms with E-state index in [2.05, 4.69) is 10.1 Å². The highest BCUT2D eigenvalue weighted by atomic mass is 32.2. The normalized spacial score (nSPS) is 15.8. The third kappa shape index (κ3) is 4.38. The van der Waals surface area contributed by atoms with E-state index in [1.54, 1.807) is 31.3 Å². The molecule has 1 aliphatic rings. The maximum Gasteiger partial charge on any atom is 0.265 e. The van der Waals surface area contributed by atoms with Gasteiger partial charge in [-0.1, -0.05) is 47.1 Å². The number of hydrogen-bond acceptors (Lipinski definition) is 7. The Morgan fingerprint density at radius 3 is 2.61 bits per heavy atom. The Kier molecular flexibility index (Phi) is 5.40. The van der Waals surface area contributed by atoms with Gasteiger partial charge in [-0.3, -0.25) is 9.10 Å². The predicted octanol–water partition coefficient (Wildman–Crippen LogP) is 2.23. The van der Waals surface area contributed by atoms with Gasteiger partial charge < -0.3 is 14.2 Å². The molecule has 1 aliphatic heterocycles. The summed E-state index contributed by atoms with van der Waals surface area (Å²) in [5.41, 5.74) is 2.34. The fraction of sp³-hybridized carbons (Fsp3) is 0.286. The van der Waals surface area contributed by atoms with Gasteiger partial charge in [0.2, 0.25) is 21.7 Å². The number of hydrogen-bond donors (Lipinski definition) is 0. The molecule has 0 fully saturated rings. The quantitative estimate of drug-likeness (QED) is 0.596. The Hall–Kier alpha value is -3.40. The predicted molar refractivity (Wildman–Crippen MR) is 114 cm³/mol. The minimum absolute atomic E-state index is 0.0675. The summed E-state index contributed by atoms with van der Waals surface area (Å²) >= 11 is 0. The molecule has 0 aliphatic carbocycles. The maximum absolute atomic E-state index is 13.0. The molecule has 10 heteroatoms. The zero-order chi connectivity index (χ0) is 22.2. The number of anilines is 1. The number of carbonyl (C=O) groups excluding carboxylic acids is 1. The molecular formula is C21H22N4O5S. The van der Waals surface area contributed by atoms with E-state index in [4.69, 9.17) is 9.26 Å². The number of benzene rings is 2. The van der Waals surface area contributed by atoms with E-state index in [9.17, 15) is 13.2 Å². The van der Waals surface area contributed by atoms with Crippen LogP contribution in [0.1, 0.15) is 11.5 Å². The van der Waals surface area contributed by atoms with E-state index in [0.29, 0.717) is 17.3 Å². The van der Waals surface area contributed by atoms with Gasteiger partial charge in [0.15, 0.2) is 6.10 Å². The molecule has 0 radical (unpaired) electrons. The molecule has 162 valence electrons. The van der Waals surface area contributed by atoms with Crippen molar-refractivity contribution in [1.29, 1.82) is 0 Å². The van der Waals surface area contributed by atoms with Gasteiger partial charge in [0, 0.05) is 12.6 Å². The molecule has 0 unspecified atom stereocenters. The van der Waals surface area contributed by atoms with Crippen LogP contribution in [0.4, 0.5) is 5.69 Å². The number of aryl methyl sites for hydroxylation is 1. The van der Waals surface area contributed by atoms with Crippen molar-refractivity contribution in [3.63, 3.8) is 0 Å². The average molecular weight is 442 g/mol. The van der Waals surface area contributed by atoms with Crippen LogP contribution in [-0.4, -0.2) is 55.3 Å². The van der Waals surface area contributed by atoms with Crippen molar-refractivity contribution in [2.45, 2.75) is 19.6 Å². The van der Waals surface area contributed by atoms with Crippen molar-refractivity contribution in [2.24, 2.45) is 0 Å². The van der Waals surface area contributed by atoms with Crippen LogP contribution in [0.15, 0.2) is 53.1 Å². The van der Waals surface area contributed by atoms with Gasteiger partial charge in [0.25, 0.3) is 5.91 Å². The van der Waals surface area contributed by atoms with E-state index in [-0.39, 0.29) is 19.0 Å². The first-order chi connectivity index (χ1) is 14.7. The van der Waals surface area contributed by atoms with Crippen molar-refractivity contribution >= 4 is 21.6 Å². The fourth-order valence-corrected chi connectivity index (χ4v) is 4.22. The number of sulfonamides is 1. The average Bonchev–Trinajstić information content (AvgIpc) is 3.20. The molecule has 0 bridgehead atoms. The number of ether oxygens (including phenoxy) is 1. The zero-order valence-corrected chi connectivity index (χ0v) is 18.2. The lowest BCUT2D eigenvalue weighted by molar-refractivity contribution is -0.138. The number of likely N-dealkylation sites (N-methyl/N-ethyl adjacent to an activating group) is 1. The SMILES string of the molecule is Cc1ccc(-c2noc(CN(C)C(=O)[C@H]3CN(S(C)(=O)=O)c4ccccc4O3)n2)cc1.